The smallest absolute Gasteiger partial charge is 0.328 e. The topological polar surface area (TPSA) is 150 Å². The molecule has 0 radical (unpaired) electrons. The lowest BCUT2D eigenvalue weighted by Crippen LogP contribution is -2.42. The largest absolute Gasteiger partial charge is 0.467 e. The van der Waals surface area contributed by atoms with Crippen LogP contribution in [0.15, 0.2) is 64.4 Å². The van der Waals surface area contributed by atoms with Crippen LogP contribution in [0, 0.1) is 0 Å². The Morgan fingerprint density at radius 3 is 2.33 bits per heavy atom. The Kier molecular flexibility index (Phi) is 9.06. The van der Waals surface area contributed by atoms with Crippen molar-refractivity contribution in [3.8, 4) is 16.9 Å². The molecule has 0 fully saturated rings. The molecule has 0 bridgehead atoms. The van der Waals surface area contributed by atoms with Gasteiger partial charge in [-0.1, -0.05) is 12.1 Å². The van der Waals surface area contributed by atoms with Crippen molar-refractivity contribution in [1.29, 1.82) is 0 Å². The second-order valence-electron chi connectivity index (χ2n) is 7.67. The molecule has 1 amide bonds. The SMILES string of the molecule is COC(=O)C(CCSC)NC(=O)c1cc(-c2ccc(S(C)=O)cc2)n(-c2ccc(S(N)(=O)=O)cc2)n1. The Bertz CT molecular complexity index is 1370. The zero-order valence-electron chi connectivity index (χ0n) is 19.8. The summed E-state index contributed by atoms with van der Waals surface area (Å²) in [5, 5.41) is 12.3. The third-order valence-corrected chi connectivity index (χ3v) is 7.74. The molecular weight excluding hydrogens is 524 g/mol. The predicted octanol–water partition coefficient (Wildman–Crippen LogP) is 1.95. The summed E-state index contributed by atoms with van der Waals surface area (Å²) >= 11 is 1.54. The van der Waals surface area contributed by atoms with Crippen molar-refractivity contribution in [3.05, 3.63) is 60.3 Å². The fourth-order valence-corrected chi connectivity index (χ4v) is 4.85. The highest BCUT2D eigenvalue weighted by Gasteiger charge is 2.24. The number of rotatable bonds is 10. The molecule has 3 aromatic rings. The Labute approximate surface area is 216 Å². The maximum Gasteiger partial charge on any atom is 0.328 e. The summed E-state index contributed by atoms with van der Waals surface area (Å²) in [6.45, 7) is 0. The Hall–Kier alpha value is -3.00. The van der Waals surface area contributed by atoms with E-state index in [0.717, 1.165) is 0 Å². The number of aromatic nitrogens is 2. The average molecular weight is 551 g/mol. The van der Waals surface area contributed by atoms with E-state index in [1.165, 1.54) is 47.8 Å². The second-order valence-corrected chi connectivity index (χ2v) is 11.6. The van der Waals surface area contributed by atoms with Crippen molar-refractivity contribution in [1.82, 2.24) is 15.1 Å². The van der Waals surface area contributed by atoms with E-state index in [0.29, 0.717) is 34.0 Å². The number of carbonyl (C=O) groups excluding carboxylic acids is 2. The quantitative estimate of drug-likeness (QED) is 0.364. The lowest BCUT2D eigenvalue weighted by atomic mass is 10.1. The molecule has 1 heterocycles. The number of nitrogens with zero attached hydrogens (tertiary/aromatic N) is 2. The third-order valence-electron chi connectivity index (χ3n) is 5.24. The van der Waals surface area contributed by atoms with Gasteiger partial charge >= 0.3 is 5.97 Å². The van der Waals surface area contributed by atoms with E-state index >= 15 is 0 Å². The van der Waals surface area contributed by atoms with Gasteiger partial charge < -0.3 is 10.1 Å². The van der Waals surface area contributed by atoms with Crippen LogP contribution in [-0.4, -0.2) is 65.7 Å². The maximum absolute atomic E-state index is 13.1. The third kappa shape index (κ3) is 6.60. The Morgan fingerprint density at radius 1 is 1.17 bits per heavy atom. The van der Waals surface area contributed by atoms with Crippen LogP contribution in [0.4, 0.5) is 0 Å². The Morgan fingerprint density at radius 2 is 1.81 bits per heavy atom. The summed E-state index contributed by atoms with van der Waals surface area (Å²) in [6.07, 6.45) is 3.85. The van der Waals surface area contributed by atoms with Crippen molar-refractivity contribution < 1.29 is 27.0 Å². The number of primary sulfonamides is 1. The van der Waals surface area contributed by atoms with Gasteiger partial charge in [0.25, 0.3) is 5.91 Å². The summed E-state index contributed by atoms with van der Waals surface area (Å²) in [7, 11) is -3.79. The standard InChI is InChI=1S/C23H26N4O6S3/c1-33-23(29)19(12-13-34-2)25-22(28)20-14-21(15-4-8-17(9-5-15)35(3)30)27(26-20)16-6-10-18(11-7-16)36(24,31)32/h4-11,14,19H,12-13H2,1-3H3,(H,25,28)(H2,24,31,32). The maximum atomic E-state index is 13.1. The van der Waals surface area contributed by atoms with E-state index in [-0.39, 0.29) is 10.6 Å². The van der Waals surface area contributed by atoms with Crippen LogP contribution in [0.25, 0.3) is 16.9 Å². The molecule has 0 aliphatic rings. The molecule has 36 heavy (non-hydrogen) atoms. The number of ether oxygens (including phenoxy) is 1. The zero-order chi connectivity index (χ0) is 26.5. The summed E-state index contributed by atoms with van der Waals surface area (Å²) in [4.78, 5) is 25.8. The van der Waals surface area contributed by atoms with Crippen molar-refractivity contribution in [2.75, 3.05) is 25.4 Å². The van der Waals surface area contributed by atoms with E-state index in [2.05, 4.69) is 10.4 Å². The normalized spacial score (nSPS) is 13.1. The van der Waals surface area contributed by atoms with Crippen LogP contribution >= 0.6 is 11.8 Å². The number of amides is 1. The van der Waals surface area contributed by atoms with E-state index in [4.69, 9.17) is 9.88 Å². The van der Waals surface area contributed by atoms with Gasteiger partial charge in [-0.15, -0.1) is 0 Å². The van der Waals surface area contributed by atoms with E-state index in [9.17, 15) is 22.2 Å². The first-order valence-electron chi connectivity index (χ1n) is 10.6. The van der Waals surface area contributed by atoms with Gasteiger partial charge in [-0.25, -0.2) is 23.0 Å². The molecule has 3 N–H and O–H groups in total. The fourth-order valence-electron chi connectivity index (χ4n) is 3.35. The minimum atomic E-state index is -3.89. The van der Waals surface area contributed by atoms with Crippen LogP contribution in [0.5, 0.6) is 0 Å². The van der Waals surface area contributed by atoms with Gasteiger partial charge in [0.1, 0.15) is 6.04 Å². The number of nitrogens with one attached hydrogen (secondary N) is 1. The summed E-state index contributed by atoms with van der Waals surface area (Å²) in [6, 6.07) is 13.4. The molecular formula is C23H26N4O6S3. The molecule has 2 aromatic carbocycles. The van der Waals surface area contributed by atoms with Gasteiger partial charge in [0, 0.05) is 27.5 Å². The summed E-state index contributed by atoms with van der Waals surface area (Å²) in [5.74, 6) is -0.487. The van der Waals surface area contributed by atoms with Gasteiger partial charge in [0.15, 0.2) is 5.69 Å². The Balaban J connectivity index is 2.04. The van der Waals surface area contributed by atoms with Crippen LogP contribution < -0.4 is 10.5 Å². The lowest BCUT2D eigenvalue weighted by Gasteiger charge is -2.15. The number of thioether (sulfide) groups is 1. The molecule has 1 aromatic heterocycles. The van der Waals surface area contributed by atoms with Crippen LogP contribution in [0.1, 0.15) is 16.9 Å². The highest BCUT2D eigenvalue weighted by Crippen LogP contribution is 2.26. The number of nitrogens with two attached hydrogens (primary N) is 1. The van der Waals surface area contributed by atoms with Crippen LogP contribution in [-0.2, 0) is 30.4 Å². The highest BCUT2D eigenvalue weighted by atomic mass is 32.2. The highest BCUT2D eigenvalue weighted by molar-refractivity contribution is 7.98. The monoisotopic (exact) mass is 550 g/mol. The van der Waals surface area contributed by atoms with E-state index in [1.54, 1.807) is 36.6 Å². The fraction of sp³-hybridized carbons (Fsp3) is 0.261. The molecule has 3 rings (SSSR count). The van der Waals surface area contributed by atoms with Crippen molar-refractivity contribution >= 4 is 44.5 Å². The van der Waals surface area contributed by atoms with Gasteiger partial charge in [-0.05, 0) is 60.9 Å². The van der Waals surface area contributed by atoms with E-state index < -0.39 is 38.7 Å². The first-order chi connectivity index (χ1) is 17.0. The molecule has 0 spiro atoms. The minimum absolute atomic E-state index is 0.0433. The number of hydrogen-bond donors (Lipinski definition) is 2. The molecule has 192 valence electrons. The molecule has 2 unspecified atom stereocenters. The number of carbonyl (C=O) groups is 2. The predicted molar refractivity (Wildman–Crippen MR) is 139 cm³/mol. The van der Waals surface area contributed by atoms with Crippen molar-refractivity contribution in [2.45, 2.75) is 22.3 Å². The number of benzene rings is 2. The van der Waals surface area contributed by atoms with Gasteiger partial charge in [-0.2, -0.15) is 16.9 Å². The van der Waals surface area contributed by atoms with Crippen LogP contribution in [0.2, 0.25) is 0 Å². The van der Waals surface area contributed by atoms with Crippen LogP contribution in [0.3, 0.4) is 0 Å². The zero-order valence-corrected chi connectivity index (χ0v) is 22.3. The number of methoxy groups -OCH3 is 1. The number of esters is 1. The summed E-state index contributed by atoms with van der Waals surface area (Å²) in [5.41, 5.74) is 1.72. The van der Waals surface area contributed by atoms with Gasteiger partial charge in [-0.3, -0.25) is 9.00 Å². The van der Waals surface area contributed by atoms with E-state index in [1.807, 2.05) is 6.26 Å². The van der Waals surface area contributed by atoms with Crippen molar-refractivity contribution in [2.24, 2.45) is 5.14 Å². The number of hydrogen-bond acceptors (Lipinski definition) is 8. The first kappa shape index (κ1) is 27.6. The van der Waals surface area contributed by atoms with Gasteiger partial charge in [0.05, 0.1) is 23.4 Å². The van der Waals surface area contributed by atoms with Gasteiger partial charge in [0.2, 0.25) is 10.0 Å². The molecule has 0 saturated carbocycles. The average Bonchev–Trinajstić information content (AvgIpc) is 3.31. The lowest BCUT2D eigenvalue weighted by molar-refractivity contribution is -0.142. The van der Waals surface area contributed by atoms with Crippen molar-refractivity contribution in [3.63, 3.8) is 0 Å². The second kappa shape index (κ2) is 11.8. The summed E-state index contributed by atoms with van der Waals surface area (Å²) < 4.78 is 41.4. The molecule has 0 aliphatic heterocycles. The molecule has 10 nitrogen and oxygen atoms in total. The first-order valence-corrected chi connectivity index (χ1v) is 15.1. The molecule has 2 atom stereocenters. The molecule has 0 aliphatic carbocycles. The minimum Gasteiger partial charge on any atom is -0.467 e. The number of sulfonamides is 1. The molecule has 0 saturated heterocycles. The molecule has 13 heteroatoms.